The Hall–Kier alpha value is -0.830. The molecule has 0 aliphatic heterocycles. The first-order valence-electron chi connectivity index (χ1n) is 5.51. The second kappa shape index (κ2) is 5.81. The molecule has 0 amide bonds. The van der Waals surface area contributed by atoms with Crippen LogP contribution < -0.4 is 5.32 Å². The lowest BCUT2D eigenvalue weighted by molar-refractivity contribution is 0.574. The smallest absolute Gasteiger partial charge is 0.105 e. The number of hydrogen-bond donors (Lipinski definition) is 1. The summed E-state index contributed by atoms with van der Waals surface area (Å²) in [5.74, 6) is 1.13. The monoisotopic (exact) mass is 195 g/mol. The van der Waals surface area contributed by atoms with Gasteiger partial charge in [0.05, 0.1) is 5.69 Å². The molecule has 0 atom stereocenters. The second-order valence-corrected chi connectivity index (χ2v) is 3.58. The van der Waals surface area contributed by atoms with E-state index in [1.165, 1.54) is 18.5 Å². The van der Waals surface area contributed by atoms with Crippen molar-refractivity contribution in [1.82, 2.24) is 14.9 Å². The van der Waals surface area contributed by atoms with E-state index < -0.39 is 0 Å². The maximum atomic E-state index is 4.35. The number of unbranched alkanes of at least 4 members (excludes halogenated alkanes) is 1. The quantitative estimate of drug-likeness (QED) is 0.753. The molecule has 1 rings (SSSR count). The fourth-order valence-electron chi connectivity index (χ4n) is 1.53. The highest BCUT2D eigenvalue weighted by Crippen LogP contribution is 2.06. The Labute approximate surface area is 86.5 Å². The summed E-state index contributed by atoms with van der Waals surface area (Å²) in [6, 6.07) is 0. The van der Waals surface area contributed by atoms with Crippen LogP contribution in [0.2, 0.25) is 0 Å². The summed E-state index contributed by atoms with van der Waals surface area (Å²) in [6.45, 7) is 9.46. The van der Waals surface area contributed by atoms with Gasteiger partial charge in [0, 0.05) is 19.3 Å². The van der Waals surface area contributed by atoms with Crippen molar-refractivity contribution >= 4 is 0 Å². The van der Waals surface area contributed by atoms with Crippen LogP contribution in [0.25, 0.3) is 0 Å². The molecule has 3 nitrogen and oxygen atoms in total. The third-order valence-corrected chi connectivity index (χ3v) is 2.43. The van der Waals surface area contributed by atoms with Crippen molar-refractivity contribution in [3.05, 3.63) is 17.7 Å². The summed E-state index contributed by atoms with van der Waals surface area (Å²) < 4.78 is 2.31. The molecular weight excluding hydrogens is 174 g/mol. The van der Waals surface area contributed by atoms with Gasteiger partial charge in [0.1, 0.15) is 5.82 Å². The number of imidazole rings is 1. The van der Waals surface area contributed by atoms with Crippen molar-refractivity contribution in [3.8, 4) is 0 Å². The van der Waals surface area contributed by atoms with Gasteiger partial charge in [-0.15, -0.1) is 0 Å². The third-order valence-electron chi connectivity index (χ3n) is 2.43. The molecule has 1 N–H and O–H groups in total. The van der Waals surface area contributed by atoms with Crippen molar-refractivity contribution in [2.24, 2.45) is 0 Å². The standard InChI is InChI=1S/C11H21N3/c1-4-6-7-14-10(3)13-9-11(14)8-12-5-2/h9,12H,4-8H2,1-3H3. The molecule has 0 aliphatic rings. The first-order valence-corrected chi connectivity index (χ1v) is 5.51. The Kier molecular flexibility index (Phi) is 4.66. The number of aromatic nitrogens is 2. The molecule has 0 fully saturated rings. The van der Waals surface area contributed by atoms with Gasteiger partial charge in [0.15, 0.2) is 0 Å². The van der Waals surface area contributed by atoms with Gasteiger partial charge < -0.3 is 9.88 Å². The van der Waals surface area contributed by atoms with Crippen molar-refractivity contribution in [2.45, 2.75) is 46.7 Å². The molecule has 0 radical (unpaired) electrons. The SMILES string of the molecule is CCCCn1c(CNCC)cnc1C. The van der Waals surface area contributed by atoms with Crippen LogP contribution in [0.3, 0.4) is 0 Å². The van der Waals surface area contributed by atoms with E-state index in [0.29, 0.717) is 0 Å². The molecule has 1 aromatic heterocycles. The Bertz CT molecular complexity index is 265. The molecule has 0 spiro atoms. The van der Waals surface area contributed by atoms with Crippen LogP contribution in [-0.4, -0.2) is 16.1 Å². The van der Waals surface area contributed by atoms with Crippen LogP contribution in [0.15, 0.2) is 6.20 Å². The molecule has 3 heteroatoms. The molecule has 14 heavy (non-hydrogen) atoms. The lowest BCUT2D eigenvalue weighted by Gasteiger charge is -2.09. The Balaban J connectivity index is 2.62. The normalized spacial score (nSPS) is 10.8. The van der Waals surface area contributed by atoms with Gasteiger partial charge in [-0.25, -0.2) is 4.98 Å². The number of nitrogens with one attached hydrogen (secondary N) is 1. The average Bonchev–Trinajstić information content (AvgIpc) is 2.53. The summed E-state index contributed by atoms with van der Waals surface area (Å²) in [5.41, 5.74) is 1.30. The first-order chi connectivity index (χ1) is 6.79. The molecule has 0 saturated heterocycles. The number of hydrogen-bond acceptors (Lipinski definition) is 2. The molecule has 0 aromatic carbocycles. The van der Waals surface area contributed by atoms with E-state index in [4.69, 9.17) is 0 Å². The van der Waals surface area contributed by atoms with Crippen molar-refractivity contribution < 1.29 is 0 Å². The largest absolute Gasteiger partial charge is 0.331 e. The summed E-state index contributed by atoms with van der Waals surface area (Å²) >= 11 is 0. The molecule has 0 aliphatic carbocycles. The van der Waals surface area contributed by atoms with E-state index in [1.54, 1.807) is 0 Å². The molecular formula is C11H21N3. The van der Waals surface area contributed by atoms with Crippen molar-refractivity contribution in [2.75, 3.05) is 6.54 Å². The van der Waals surface area contributed by atoms with Crippen LogP contribution in [0.5, 0.6) is 0 Å². The minimum Gasteiger partial charge on any atom is -0.331 e. The van der Waals surface area contributed by atoms with E-state index in [0.717, 1.165) is 25.5 Å². The highest BCUT2D eigenvalue weighted by Gasteiger charge is 2.04. The Morgan fingerprint density at radius 1 is 1.43 bits per heavy atom. The Morgan fingerprint density at radius 2 is 2.21 bits per heavy atom. The van der Waals surface area contributed by atoms with Crippen LogP contribution in [0.4, 0.5) is 0 Å². The molecule has 0 unspecified atom stereocenters. The van der Waals surface area contributed by atoms with Gasteiger partial charge in [-0.2, -0.15) is 0 Å². The Morgan fingerprint density at radius 3 is 2.86 bits per heavy atom. The van der Waals surface area contributed by atoms with Gasteiger partial charge in [0.25, 0.3) is 0 Å². The zero-order chi connectivity index (χ0) is 10.4. The minimum absolute atomic E-state index is 0.932. The average molecular weight is 195 g/mol. The summed E-state index contributed by atoms with van der Waals surface area (Å²) in [6.07, 6.45) is 4.45. The van der Waals surface area contributed by atoms with Crippen LogP contribution in [0, 0.1) is 6.92 Å². The predicted molar refractivity (Wildman–Crippen MR) is 59.3 cm³/mol. The molecule has 0 bridgehead atoms. The molecule has 1 aromatic rings. The topological polar surface area (TPSA) is 29.9 Å². The maximum absolute atomic E-state index is 4.35. The lowest BCUT2D eigenvalue weighted by atomic mass is 10.3. The molecule has 80 valence electrons. The van der Waals surface area contributed by atoms with E-state index in [2.05, 4.69) is 35.6 Å². The highest BCUT2D eigenvalue weighted by atomic mass is 15.1. The van der Waals surface area contributed by atoms with Gasteiger partial charge in [-0.05, 0) is 19.9 Å². The van der Waals surface area contributed by atoms with E-state index in [1.807, 2.05) is 6.20 Å². The summed E-state index contributed by atoms with van der Waals surface area (Å²) in [7, 11) is 0. The van der Waals surface area contributed by atoms with Crippen LogP contribution in [0.1, 0.15) is 38.2 Å². The lowest BCUT2D eigenvalue weighted by Crippen LogP contribution is -2.16. The first kappa shape index (κ1) is 11.2. The van der Waals surface area contributed by atoms with E-state index in [-0.39, 0.29) is 0 Å². The summed E-state index contributed by atoms with van der Waals surface area (Å²) in [5, 5.41) is 3.33. The van der Waals surface area contributed by atoms with Gasteiger partial charge in [-0.1, -0.05) is 20.3 Å². The van der Waals surface area contributed by atoms with Gasteiger partial charge >= 0.3 is 0 Å². The zero-order valence-corrected chi connectivity index (χ0v) is 9.51. The molecule has 0 saturated carbocycles. The van der Waals surface area contributed by atoms with Crippen LogP contribution >= 0.6 is 0 Å². The number of nitrogens with zero attached hydrogens (tertiary/aromatic N) is 2. The van der Waals surface area contributed by atoms with Crippen LogP contribution in [-0.2, 0) is 13.1 Å². The number of aryl methyl sites for hydroxylation is 1. The van der Waals surface area contributed by atoms with Gasteiger partial charge in [-0.3, -0.25) is 0 Å². The predicted octanol–water partition coefficient (Wildman–Crippen LogP) is 2.10. The van der Waals surface area contributed by atoms with Crippen molar-refractivity contribution in [1.29, 1.82) is 0 Å². The summed E-state index contributed by atoms with van der Waals surface area (Å²) in [4.78, 5) is 4.35. The number of rotatable bonds is 6. The van der Waals surface area contributed by atoms with E-state index in [9.17, 15) is 0 Å². The fraction of sp³-hybridized carbons (Fsp3) is 0.727. The van der Waals surface area contributed by atoms with Gasteiger partial charge in [0.2, 0.25) is 0 Å². The second-order valence-electron chi connectivity index (χ2n) is 3.58. The zero-order valence-electron chi connectivity index (χ0n) is 9.51. The maximum Gasteiger partial charge on any atom is 0.105 e. The highest BCUT2D eigenvalue weighted by molar-refractivity contribution is 5.04. The molecule has 1 heterocycles. The third kappa shape index (κ3) is 2.84. The fourth-order valence-corrected chi connectivity index (χ4v) is 1.53. The van der Waals surface area contributed by atoms with Crippen molar-refractivity contribution in [3.63, 3.8) is 0 Å². The minimum atomic E-state index is 0.932. The van der Waals surface area contributed by atoms with E-state index >= 15 is 0 Å².